The minimum atomic E-state index is -0.808. The molecule has 8 nitrogen and oxygen atoms in total. The van der Waals surface area contributed by atoms with Crippen molar-refractivity contribution in [1.82, 2.24) is 10.6 Å². The van der Waals surface area contributed by atoms with Crippen LogP contribution in [0.3, 0.4) is 0 Å². The molecule has 1 atom stereocenters. The first-order chi connectivity index (χ1) is 13.8. The number of rotatable bonds is 8. The van der Waals surface area contributed by atoms with Crippen molar-refractivity contribution >= 4 is 17.3 Å². The van der Waals surface area contributed by atoms with Gasteiger partial charge in [-0.15, -0.1) is 0 Å². The van der Waals surface area contributed by atoms with Gasteiger partial charge in [-0.2, -0.15) is 10.4 Å². The number of carbonyl (C=O) groups excluding carboxylic acids is 1. The summed E-state index contributed by atoms with van der Waals surface area (Å²) < 4.78 is 5.60. The Bertz CT molecular complexity index is 736. The van der Waals surface area contributed by atoms with E-state index in [-0.39, 0.29) is 24.0 Å². The number of hydrogen-bond acceptors (Lipinski definition) is 6. The highest BCUT2D eigenvalue weighted by molar-refractivity contribution is 6.07. The monoisotopic (exact) mass is 442 g/mol. The smallest absolute Gasteiger partial charge is 0.250 e. The number of ether oxygens (including phenoxy) is 1. The minimum absolute atomic E-state index is 0. The summed E-state index contributed by atoms with van der Waals surface area (Å²) in [7, 11) is 0. The lowest BCUT2D eigenvalue weighted by molar-refractivity contribution is -1.19. The molecule has 1 aliphatic heterocycles. The molecule has 0 saturated carbocycles. The summed E-state index contributed by atoms with van der Waals surface area (Å²) >= 11 is 0. The Kier molecular flexibility index (Phi) is 13.0. The molecule has 1 aliphatic rings. The summed E-state index contributed by atoms with van der Waals surface area (Å²) in [5.41, 5.74) is 2.10. The van der Waals surface area contributed by atoms with Gasteiger partial charge in [-0.05, 0) is 31.6 Å². The van der Waals surface area contributed by atoms with Crippen molar-refractivity contribution in [3.05, 3.63) is 35.0 Å². The van der Waals surface area contributed by atoms with E-state index in [9.17, 15) is 15.2 Å². The SMILES string of the molecule is CCCC.CCCC(=N)C1=C(C)C(=O)NC(c2cc([NH+](O)O)ccc2OCC)N1.[Cl-]. The fourth-order valence-corrected chi connectivity index (χ4v) is 2.69. The largest absolute Gasteiger partial charge is 1.00 e. The molecule has 0 radical (unpaired) electrons. The molecule has 1 unspecified atom stereocenters. The first-order valence-electron chi connectivity index (χ1n) is 10.2. The van der Waals surface area contributed by atoms with Crippen LogP contribution in [-0.2, 0) is 4.79 Å². The van der Waals surface area contributed by atoms with Gasteiger partial charge >= 0.3 is 0 Å². The van der Waals surface area contributed by atoms with E-state index in [2.05, 4.69) is 24.5 Å². The summed E-state index contributed by atoms with van der Waals surface area (Å²) in [4.78, 5) is 12.3. The Morgan fingerprint density at radius 1 is 1.13 bits per heavy atom. The summed E-state index contributed by atoms with van der Waals surface area (Å²) in [6, 6.07) is 4.69. The fourth-order valence-electron chi connectivity index (χ4n) is 2.69. The molecular weight excluding hydrogens is 408 g/mol. The minimum Gasteiger partial charge on any atom is -1.00 e. The molecule has 9 heteroatoms. The zero-order valence-corrected chi connectivity index (χ0v) is 19.2. The fraction of sp³-hybridized carbons (Fsp3) is 0.524. The van der Waals surface area contributed by atoms with Crippen LogP contribution in [0.5, 0.6) is 5.75 Å². The molecule has 6 N–H and O–H groups in total. The highest BCUT2D eigenvalue weighted by Crippen LogP contribution is 2.29. The quantitative estimate of drug-likeness (QED) is 0.250. The van der Waals surface area contributed by atoms with Crippen molar-refractivity contribution in [2.45, 2.75) is 66.5 Å². The second-order valence-corrected chi connectivity index (χ2v) is 6.79. The lowest BCUT2D eigenvalue weighted by Crippen LogP contribution is -3.01. The Morgan fingerprint density at radius 3 is 2.27 bits per heavy atom. The van der Waals surface area contributed by atoms with Crippen LogP contribution in [0.15, 0.2) is 29.5 Å². The third kappa shape index (κ3) is 7.60. The number of benzene rings is 1. The molecule has 0 spiro atoms. The third-order valence-corrected chi connectivity index (χ3v) is 4.46. The van der Waals surface area contributed by atoms with E-state index in [0.717, 1.165) is 6.42 Å². The van der Waals surface area contributed by atoms with Gasteiger partial charge in [-0.3, -0.25) is 4.79 Å². The van der Waals surface area contributed by atoms with Crippen molar-refractivity contribution in [1.29, 1.82) is 5.41 Å². The average molecular weight is 443 g/mol. The summed E-state index contributed by atoms with van der Waals surface area (Å²) in [5, 5.41) is 32.1. The van der Waals surface area contributed by atoms with Gasteiger partial charge in [0.1, 0.15) is 11.9 Å². The first kappa shape index (κ1) is 27.9. The predicted molar refractivity (Wildman–Crippen MR) is 112 cm³/mol. The van der Waals surface area contributed by atoms with Crippen LogP contribution in [-0.4, -0.2) is 28.6 Å². The van der Waals surface area contributed by atoms with Gasteiger partial charge in [-0.1, -0.05) is 40.0 Å². The molecule has 0 fully saturated rings. The Hall–Kier alpha value is -2.13. The Morgan fingerprint density at radius 2 is 1.77 bits per heavy atom. The number of allylic oxidation sites excluding steroid dienone is 1. The van der Waals surface area contributed by atoms with Crippen LogP contribution < -0.4 is 33.0 Å². The van der Waals surface area contributed by atoms with E-state index >= 15 is 0 Å². The zero-order valence-electron chi connectivity index (χ0n) is 18.4. The average Bonchev–Trinajstić information content (AvgIpc) is 2.70. The molecule has 1 aromatic carbocycles. The maximum absolute atomic E-state index is 12.3. The number of halogens is 1. The molecule has 170 valence electrons. The van der Waals surface area contributed by atoms with Gasteiger partial charge < -0.3 is 33.2 Å². The standard InChI is InChI=1S/C17H24N4O4.C4H10.ClH/c1-4-6-13(18)15-10(3)17(22)20-16(19-15)12-9-11(21(23)24)7-8-14(12)25-5-2;1-3-4-2;/h7-9,16,18-19,23-24H,4-6H2,1-3H3,(H,20,22);3-4H2,1-2H3;1H. The number of carbonyl (C=O) groups is 1. The number of nitrogens with one attached hydrogen (secondary N) is 4. The van der Waals surface area contributed by atoms with Gasteiger partial charge in [0.25, 0.3) is 5.91 Å². The van der Waals surface area contributed by atoms with Crippen molar-refractivity contribution in [3.63, 3.8) is 0 Å². The van der Waals surface area contributed by atoms with E-state index < -0.39 is 11.4 Å². The van der Waals surface area contributed by atoms with Gasteiger partial charge in [0.2, 0.25) is 0 Å². The van der Waals surface area contributed by atoms with Gasteiger partial charge in [0, 0.05) is 23.3 Å². The van der Waals surface area contributed by atoms with Gasteiger partial charge in [0.05, 0.1) is 18.0 Å². The van der Waals surface area contributed by atoms with Crippen molar-refractivity contribution in [2.24, 2.45) is 0 Å². The van der Waals surface area contributed by atoms with Crippen LogP contribution in [0.1, 0.15) is 72.0 Å². The zero-order chi connectivity index (χ0) is 22.0. The van der Waals surface area contributed by atoms with Gasteiger partial charge in [0.15, 0.2) is 5.69 Å². The van der Waals surface area contributed by atoms with Crippen molar-refractivity contribution in [2.75, 3.05) is 6.61 Å². The van der Waals surface area contributed by atoms with Crippen LogP contribution >= 0.6 is 0 Å². The maximum Gasteiger partial charge on any atom is 0.250 e. The Balaban J connectivity index is 0.00000154. The molecule has 0 aromatic heterocycles. The van der Waals surface area contributed by atoms with E-state index in [1.165, 1.54) is 18.9 Å². The first-order valence-corrected chi connectivity index (χ1v) is 10.2. The van der Waals surface area contributed by atoms with E-state index in [4.69, 9.17) is 10.1 Å². The topological polar surface area (TPSA) is 119 Å². The molecular formula is C21H35ClN4O4. The maximum atomic E-state index is 12.3. The van der Waals surface area contributed by atoms with Crippen molar-refractivity contribution in [3.8, 4) is 5.75 Å². The molecule has 0 saturated heterocycles. The molecule has 0 aliphatic carbocycles. The highest BCUT2D eigenvalue weighted by Gasteiger charge is 2.29. The number of amides is 1. The molecule has 2 rings (SSSR count). The number of unbranched alkanes of at least 4 members (excludes halogenated alkanes) is 1. The predicted octanol–water partition coefficient (Wildman–Crippen LogP) is 0.00237. The Labute approximate surface area is 185 Å². The van der Waals surface area contributed by atoms with Gasteiger partial charge in [-0.25, -0.2) is 0 Å². The number of hydrogen-bond donors (Lipinski definition) is 6. The molecule has 1 heterocycles. The van der Waals surface area contributed by atoms with Crippen LogP contribution in [0.2, 0.25) is 0 Å². The van der Waals surface area contributed by atoms with Crippen molar-refractivity contribution < 1.29 is 37.6 Å². The van der Waals surface area contributed by atoms with Crippen LogP contribution in [0, 0.1) is 5.41 Å². The van der Waals surface area contributed by atoms with Crippen LogP contribution in [0.4, 0.5) is 5.69 Å². The molecule has 30 heavy (non-hydrogen) atoms. The number of quaternary nitrogens is 1. The lowest BCUT2D eigenvalue weighted by Gasteiger charge is -2.30. The lowest BCUT2D eigenvalue weighted by atomic mass is 10.0. The van der Waals surface area contributed by atoms with E-state index in [1.54, 1.807) is 19.1 Å². The van der Waals surface area contributed by atoms with E-state index in [1.807, 2.05) is 13.8 Å². The molecule has 1 aromatic rings. The molecule has 1 amide bonds. The normalized spacial score (nSPS) is 15.5. The summed E-state index contributed by atoms with van der Waals surface area (Å²) in [6.45, 7) is 10.3. The van der Waals surface area contributed by atoms with E-state index in [0.29, 0.717) is 41.3 Å². The second kappa shape index (κ2) is 14.0. The highest BCUT2D eigenvalue weighted by atomic mass is 35.5. The summed E-state index contributed by atoms with van der Waals surface area (Å²) in [6.07, 6.45) is 3.36. The summed E-state index contributed by atoms with van der Waals surface area (Å²) in [5.74, 6) is 0.246. The second-order valence-electron chi connectivity index (χ2n) is 6.79. The molecule has 0 bridgehead atoms. The van der Waals surface area contributed by atoms with Crippen LogP contribution in [0.25, 0.3) is 0 Å². The third-order valence-electron chi connectivity index (χ3n) is 4.46.